The topological polar surface area (TPSA) is 0 Å². The van der Waals surface area contributed by atoms with E-state index in [1.165, 1.54) is 6.07 Å². The molecule has 0 atom stereocenters. The van der Waals surface area contributed by atoms with Crippen LogP contribution in [0.15, 0.2) is 63.5 Å². The number of hydrogen-bond donors (Lipinski definition) is 0. The van der Waals surface area contributed by atoms with Crippen LogP contribution in [0, 0.1) is 0 Å². The van der Waals surface area contributed by atoms with Crippen molar-refractivity contribution >= 4 is 29.1 Å². The van der Waals surface area contributed by atoms with Gasteiger partial charge in [0.25, 0.3) is 0 Å². The van der Waals surface area contributed by atoms with Gasteiger partial charge in [-0.3, -0.25) is 0 Å². The van der Waals surface area contributed by atoms with Crippen LogP contribution in [-0.2, 0) is 6.18 Å². The van der Waals surface area contributed by atoms with Gasteiger partial charge in [0.1, 0.15) is 0 Å². The Morgan fingerprint density at radius 2 is 1.59 bits per heavy atom. The van der Waals surface area contributed by atoms with E-state index in [2.05, 4.69) is 0 Å². The fourth-order valence-corrected chi connectivity index (χ4v) is 3.77. The zero-order chi connectivity index (χ0) is 15.9. The molecule has 22 heavy (non-hydrogen) atoms. The summed E-state index contributed by atoms with van der Waals surface area (Å²) in [4.78, 5) is 2.09. The molecule has 0 radical (unpaired) electrons. The van der Waals surface area contributed by atoms with Gasteiger partial charge >= 0.3 is 6.18 Å². The summed E-state index contributed by atoms with van der Waals surface area (Å²) >= 11 is 3.16. The van der Waals surface area contributed by atoms with Crippen LogP contribution in [0.2, 0.25) is 0 Å². The zero-order valence-electron chi connectivity index (χ0n) is 12.0. The molecule has 0 unspecified atom stereocenters. The molecule has 0 saturated carbocycles. The first-order chi connectivity index (χ1) is 10.5. The van der Waals surface area contributed by atoms with E-state index in [9.17, 15) is 13.2 Å². The Bertz CT molecular complexity index is 749. The van der Waals surface area contributed by atoms with Gasteiger partial charge in [0, 0.05) is 9.81 Å². The lowest BCUT2D eigenvalue weighted by Crippen LogP contribution is -2.08. The van der Waals surface area contributed by atoms with E-state index in [1.54, 1.807) is 35.7 Å². The van der Waals surface area contributed by atoms with Gasteiger partial charge in [-0.25, -0.2) is 0 Å². The Hall–Kier alpha value is -1.33. The predicted octanol–water partition coefficient (Wildman–Crippen LogP) is 5.91. The molecule has 0 aliphatic heterocycles. The van der Waals surface area contributed by atoms with E-state index in [0.717, 1.165) is 27.0 Å². The Labute approximate surface area is 135 Å². The summed E-state index contributed by atoms with van der Waals surface area (Å²) < 4.78 is 39.9. The highest BCUT2D eigenvalue weighted by molar-refractivity contribution is 8.03. The minimum atomic E-state index is -4.35. The van der Waals surface area contributed by atoms with Crippen molar-refractivity contribution in [2.45, 2.75) is 6.18 Å². The lowest BCUT2D eigenvalue weighted by atomic mass is 9.97. The standard InChI is InChI=1S/C17H13F3S2/c1-21-10-7-12-13(9-16(22-2)14(12)8-10)11-5-3-4-6-15(11)17(18,19)20/h3-9H,1-2H3. The fraction of sp³-hybridized carbons (Fsp3) is 0.176. The van der Waals surface area contributed by atoms with Crippen molar-refractivity contribution in [2.75, 3.05) is 12.5 Å². The lowest BCUT2D eigenvalue weighted by Gasteiger charge is -2.13. The Kier molecular flexibility index (Phi) is 4.03. The second kappa shape index (κ2) is 5.70. The summed E-state index contributed by atoms with van der Waals surface area (Å²) in [6, 6.07) is 5.78. The van der Waals surface area contributed by atoms with Gasteiger partial charge in [-0.2, -0.15) is 13.2 Å². The highest BCUT2D eigenvalue weighted by atomic mass is 32.2. The van der Waals surface area contributed by atoms with E-state index in [4.69, 9.17) is 0 Å². The molecular weight excluding hydrogens is 325 g/mol. The summed E-state index contributed by atoms with van der Waals surface area (Å²) in [6.45, 7) is 0. The molecule has 0 amide bonds. The molecule has 0 saturated heterocycles. The van der Waals surface area contributed by atoms with Crippen LogP contribution in [0.25, 0.3) is 5.57 Å². The first kappa shape index (κ1) is 15.6. The smallest absolute Gasteiger partial charge is 0.166 e. The highest BCUT2D eigenvalue weighted by Crippen LogP contribution is 2.48. The molecule has 0 heterocycles. The molecule has 3 rings (SSSR count). The molecule has 1 aromatic carbocycles. The molecule has 114 valence electrons. The maximum absolute atomic E-state index is 13.3. The second-order valence-electron chi connectivity index (χ2n) is 4.89. The number of rotatable bonds is 3. The summed E-state index contributed by atoms with van der Waals surface area (Å²) in [5, 5.41) is 0. The van der Waals surface area contributed by atoms with E-state index in [-0.39, 0.29) is 5.56 Å². The van der Waals surface area contributed by atoms with Crippen LogP contribution in [0.3, 0.4) is 0 Å². The third-order valence-electron chi connectivity index (χ3n) is 3.67. The van der Waals surface area contributed by atoms with Gasteiger partial charge in [-0.1, -0.05) is 18.2 Å². The largest absolute Gasteiger partial charge is 0.417 e. The molecule has 0 N–H and O–H groups in total. The third kappa shape index (κ3) is 2.57. The van der Waals surface area contributed by atoms with Gasteiger partial charge in [-0.15, -0.1) is 23.5 Å². The molecule has 2 aliphatic rings. The number of benzene rings is 1. The van der Waals surface area contributed by atoms with E-state index in [1.807, 2.05) is 30.7 Å². The van der Waals surface area contributed by atoms with Gasteiger partial charge in [0.2, 0.25) is 0 Å². The average molecular weight is 338 g/mol. The van der Waals surface area contributed by atoms with E-state index < -0.39 is 11.7 Å². The van der Waals surface area contributed by atoms with Crippen LogP contribution in [0.4, 0.5) is 13.2 Å². The SMILES string of the molecule is CSC1=CC2=C(c3ccccc3C(F)(F)F)C=C(SC)C2=C1. The van der Waals surface area contributed by atoms with Gasteiger partial charge < -0.3 is 0 Å². The van der Waals surface area contributed by atoms with Crippen LogP contribution in [0.1, 0.15) is 11.1 Å². The van der Waals surface area contributed by atoms with Crippen LogP contribution in [-0.4, -0.2) is 12.5 Å². The molecule has 0 fully saturated rings. The van der Waals surface area contributed by atoms with Crippen molar-refractivity contribution in [1.29, 1.82) is 0 Å². The second-order valence-corrected chi connectivity index (χ2v) is 6.62. The van der Waals surface area contributed by atoms with Crippen LogP contribution < -0.4 is 0 Å². The highest BCUT2D eigenvalue weighted by Gasteiger charge is 2.35. The predicted molar refractivity (Wildman–Crippen MR) is 89.6 cm³/mol. The molecular formula is C17H13F3S2. The Balaban J connectivity index is 2.21. The van der Waals surface area contributed by atoms with Gasteiger partial charge in [-0.05, 0) is 59.1 Å². The van der Waals surface area contributed by atoms with Gasteiger partial charge in [0.15, 0.2) is 0 Å². The van der Waals surface area contributed by atoms with Crippen LogP contribution >= 0.6 is 23.5 Å². The van der Waals surface area contributed by atoms with Crippen molar-refractivity contribution in [1.82, 2.24) is 0 Å². The molecule has 0 nitrogen and oxygen atoms in total. The van der Waals surface area contributed by atoms with Crippen molar-refractivity contribution < 1.29 is 13.2 Å². The Morgan fingerprint density at radius 1 is 0.864 bits per heavy atom. The number of fused-ring (bicyclic) bond motifs is 1. The normalized spacial score (nSPS) is 17.4. The minimum absolute atomic E-state index is 0.249. The number of thioether (sulfide) groups is 2. The Morgan fingerprint density at radius 3 is 2.23 bits per heavy atom. The van der Waals surface area contributed by atoms with Crippen molar-refractivity contribution in [3.05, 3.63) is 74.6 Å². The summed E-state index contributed by atoms with van der Waals surface area (Å²) in [7, 11) is 0. The monoisotopic (exact) mass is 338 g/mol. The lowest BCUT2D eigenvalue weighted by molar-refractivity contribution is -0.137. The molecule has 5 heteroatoms. The van der Waals surface area contributed by atoms with Crippen molar-refractivity contribution in [2.24, 2.45) is 0 Å². The van der Waals surface area contributed by atoms with Crippen molar-refractivity contribution in [3.63, 3.8) is 0 Å². The summed E-state index contributed by atoms with van der Waals surface area (Å²) in [6.07, 6.45) is 5.45. The first-order valence-corrected chi connectivity index (χ1v) is 9.05. The first-order valence-electron chi connectivity index (χ1n) is 6.60. The van der Waals surface area contributed by atoms with Gasteiger partial charge in [0.05, 0.1) is 5.56 Å². The van der Waals surface area contributed by atoms with Crippen LogP contribution in [0.5, 0.6) is 0 Å². The summed E-state index contributed by atoms with van der Waals surface area (Å²) in [5.41, 5.74) is 2.25. The molecule has 2 aliphatic carbocycles. The van der Waals surface area contributed by atoms with E-state index >= 15 is 0 Å². The van der Waals surface area contributed by atoms with Crippen molar-refractivity contribution in [3.8, 4) is 0 Å². The number of halogens is 3. The number of allylic oxidation sites excluding steroid dienone is 6. The minimum Gasteiger partial charge on any atom is -0.166 e. The fourth-order valence-electron chi connectivity index (χ4n) is 2.67. The molecule has 0 bridgehead atoms. The maximum Gasteiger partial charge on any atom is 0.417 e. The quantitative estimate of drug-likeness (QED) is 0.672. The van der Waals surface area contributed by atoms with E-state index in [0.29, 0.717) is 5.57 Å². The summed E-state index contributed by atoms with van der Waals surface area (Å²) in [5.74, 6) is 0. The third-order valence-corrected chi connectivity index (χ3v) is 5.16. The molecule has 1 aromatic rings. The average Bonchev–Trinajstić information content (AvgIpc) is 3.04. The zero-order valence-corrected chi connectivity index (χ0v) is 13.6. The maximum atomic E-state index is 13.3. The number of hydrogen-bond acceptors (Lipinski definition) is 2. The molecule has 0 spiro atoms. The number of alkyl halides is 3. The molecule has 0 aromatic heterocycles.